The van der Waals surface area contributed by atoms with E-state index in [4.69, 9.17) is 4.52 Å². The van der Waals surface area contributed by atoms with Gasteiger partial charge in [-0.2, -0.15) is 0 Å². The van der Waals surface area contributed by atoms with Gasteiger partial charge in [0.05, 0.1) is 11.8 Å². The second-order valence-corrected chi connectivity index (χ2v) is 5.87. The highest BCUT2D eigenvalue weighted by atomic mass is 16.5. The SMILES string of the molecule is Cc1noc(C)c1CN(CC(C)O)C1CCCCC1. The Labute approximate surface area is 115 Å². The first kappa shape index (κ1) is 14.5. The van der Waals surface area contributed by atoms with Crippen LogP contribution in [0.25, 0.3) is 0 Å². The number of aryl methyl sites for hydroxylation is 2. The number of aliphatic hydroxyl groups excluding tert-OH is 1. The fraction of sp³-hybridized carbons (Fsp3) is 0.800. The van der Waals surface area contributed by atoms with Crippen molar-refractivity contribution >= 4 is 0 Å². The molecule has 0 saturated heterocycles. The lowest BCUT2D eigenvalue weighted by Crippen LogP contribution is -2.40. The zero-order valence-electron chi connectivity index (χ0n) is 12.4. The van der Waals surface area contributed by atoms with Gasteiger partial charge in [-0.3, -0.25) is 4.90 Å². The molecule has 0 amide bonds. The van der Waals surface area contributed by atoms with Crippen LogP contribution in [0.1, 0.15) is 56.0 Å². The molecule has 2 rings (SSSR count). The van der Waals surface area contributed by atoms with Crippen LogP contribution in [0.2, 0.25) is 0 Å². The fourth-order valence-corrected chi connectivity index (χ4v) is 3.06. The quantitative estimate of drug-likeness (QED) is 0.890. The maximum atomic E-state index is 9.74. The van der Waals surface area contributed by atoms with Crippen molar-refractivity contribution in [3.8, 4) is 0 Å². The lowest BCUT2D eigenvalue weighted by Gasteiger charge is -2.35. The van der Waals surface area contributed by atoms with E-state index in [2.05, 4.69) is 10.1 Å². The number of rotatable bonds is 5. The zero-order valence-corrected chi connectivity index (χ0v) is 12.4. The van der Waals surface area contributed by atoms with Gasteiger partial charge < -0.3 is 9.63 Å². The zero-order chi connectivity index (χ0) is 13.8. The highest BCUT2D eigenvalue weighted by molar-refractivity contribution is 5.20. The smallest absolute Gasteiger partial charge is 0.138 e. The van der Waals surface area contributed by atoms with Crippen molar-refractivity contribution in [1.82, 2.24) is 10.1 Å². The van der Waals surface area contributed by atoms with Gasteiger partial charge >= 0.3 is 0 Å². The predicted molar refractivity (Wildman–Crippen MR) is 74.9 cm³/mol. The molecule has 1 N–H and O–H groups in total. The van der Waals surface area contributed by atoms with Gasteiger partial charge in [0.1, 0.15) is 5.76 Å². The molecule has 1 fully saturated rings. The molecule has 4 heteroatoms. The van der Waals surface area contributed by atoms with E-state index in [0.717, 1.165) is 24.5 Å². The molecule has 19 heavy (non-hydrogen) atoms. The van der Waals surface area contributed by atoms with Gasteiger partial charge in [0.15, 0.2) is 0 Å². The monoisotopic (exact) mass is 266 g/mol. The second-order valence-electron chi connectivity index (χ2n) is 5.87. The van der Waals surface area contributed by atoms with Crippen LogP contribution in [0.3, 0.4) is 0 Å². The van der Waals surface area contributed by atoms with Crippen molar-refractivity contribution in [2.24, 2.45) is 0 Å². The van der Waals surface area contributed by atoms with Gasteiger partial charge in [-0.15, -0.1) is 0 Å². The molecule has 1 aliphatic carbocycles. The molecule has 0 aromatic carbocycles. The number of hydrogen-bond donors (Lipinski definition) is 1. The Kier molecular flexibility index (Phi) is 4.99. The number of aromatic nitrogens is 1. The largest absolute Gasteiger partial charge is 0.392 e. The van der Waals surface area contributed by atoms with Gasteiger partial charge in [-0.1, -0.05) is 24.4 Å². The summed E-state index contributed by atoms with van der Waals surface area (Å²) in [5.74, 6) is 0.906. The Bertz CT molecular complexity index is 375. The average molecular weight is 266 g/mol. The van der Waals surface area contributed by atoms with Crippen molar-refractivity contribution in [3.63, 3.8) is 0 Å². The normalized spacial score (nSPS) is 19.0. The molecular weight excluding hydrogens is 240 g/mol. The Morgan fingerprint density at radius 3 is 2.53 bits per heavy atom. The first-order chi connectivity index (χ1) is 9.08. The summed E-state index contributed by atoms with van der Waals surface area (Å²) < 4.78 is 5.25. The predicted octanol–water partition coefficient (Wildman–Crippen LogP) is 2.81. The first-order valence-corrected chi connectivity index (χ1v) is 7.41. The highest BCUT2D eigenvalue weighted by Crippen LogP contribution is 2.25. The van der Waals surface area contributed by atoms with Crippen LogP contribution in [0, 0.1) is 13.8 Å². The van der Waals surface area contributed by atoms with E-state index in [1.807, 2.05) is 20.8 Å². The molecule has 108 valence electrons. The van der Waals surface area contributed by atoms with E-state index in [0.29, 0.717) is 6.04 Å². The third kappa shape index (κ3) is 3.80. The van der Waals surface area contributed by atoms with E-state index in [1.165, 1.54) is 37.7 Å². The van der Waals surface area contributed by atoms with E-state index in [1.54, 1.807) is 0 Å². The highest BCUT2D eigenvalue weighted by Gasteiger charge is 2.24. The maximum absolute atomic E-state index is 9.74. The molecule has 1 saturated carbocycles. The molecule has 0 radical (unpaired) electrons. The molecule has 1 aromatic heterocycles. The molecule has 1 aliphatic rings. The topological polar surface area (TPSA) is 49.5 Å². The molecule has 1 unspecified atom stereocenters. The molecular formula is C15H26N2O2. The first-order valence-electron chi connectivity index (χ1n) is 7.41. The third-order valence-corrected chi connectivity index (χ3v) is 4.13. The maximum Gasteiger partial charge on any atom is 0.138 e. The van der Waals surface area contributed by atoms with E-state index in [-0.39, 0.29) is 6.10 Å². The van der Waals surface area contributed by atoms with Crippen LogP contribution in [0.4, 0.5) is 0 Å². The summed E-state index contributed by atoms with van der Waals surface area (Å²) in [5.41, 5.74) is 2.16. The van der Waals surface area contributed by atoms with Crippen molar-refractivity contribution in [2.75, 3.05) is 6.54 Å². The minimum absolute atomic E-state index is 0.289. The van der Waals surface area contributed by atoms with Gasteiger partial charge in [0, 0.05) is 24.7 Å². The summed E-state index contributed by atoms with van der Waals surface area (Å²) in [7, 11) is 0. The summed E-state index contributed by atoms with van der Waals surface area (Å²) in [6.07, 6.45) is 6.17. The van der Waals surface area contributed by atoms with Gasteiger partial charge in [0.25, 0.3) is 0 Å². The molecule has 1 atom stereocenters. The van der Waals surface area contributed by atoms with Crippen LogP contribution in [0.15, 0.2) is 4.52 Å². The van der Waals surface area contributed by atoms with Crippen molar-refractivity contribution < 1.29 is 9.63 Å². The van der Waals surface area contributed by atoms with E-state index < -0.39 is 0 Å². The molecule has 1 heterocycles. The molecule has 4 nitrogen and oxygen atoms in total. The molecule has 0 aliphatic heterocycles. The van der Waals surface area contributed by atoms with Gasteiger partial charge in [-0.05, 0) is 33.6 Å². The summed E-state index contributed by atoms with van der Waals surface area (Å²) >= 11 is 0. The summed E-state index contributed by atoms with van der Waals surface area (Å²) in [6, 6.07) is 0.594. The van der Waals surface area contributed by atoms with E-state index >= 15 is 0 Å². The average Bonchev–Trinajstić information content (AvgIpc) is 2.70. The lowest BCUT2D eigenvalue weighted by molar-refractivity contribution is 0.0764. The summed E-state index contributed by atoms with van der Waals surface area (Å²) in [6.45, 7) is 7.40. The van der Waals surface area contributed by atoms with Crippen molar-refractivity contribution in [3.05, 3.63) is 17.0 Å². The molecule has 0 spiro atoms. The number of hydrogen-bond acceptors (Lipinski definition) is 4. The Morgan fingerprint density at radius 1 is 1.32 bits per heavy atom. The van der Waals surface area contributed by atoms with Crippen LogP contribution in [0.5, 0.6) is 0 Å². The molecule has 0 bridgehead atoms. The van der Waals surface area contributed by atoms with Gasteiger partial charge in [0.2, 0.25) is 0 Å². The minimum atomic E-state index is -0.289. The number of aliphatic hydroxyl groups is 1. The van der Waals surface area contributed by atoms with E-state index in [9.17, 15) is 5.11 Å². The molecule has 1 aromatic rings. The standard InChI is InChI=1S/C15H26N2O2/c1-11(18)9-17(14-7-5-4-6-8-14)10-15-12(2)16-19-13(15)3/h11,14,18H,4-10H2,1-3H3. The van der Waals surface area contributed by atoms with Crippen molar-refractivity contribution in [2.45, 2.75) is 71.6 Å². The van der Waals surface area contributed by atoms with Crippen LogP contribution < -0.4 is 0 Å². The fourth-order valence-electron chi connectivity index (χ4n) is 3.06. The third-order valence-electron chi connectivity index (χ3n) is 4.13. The second kappa shape index (κ2) is 6.53. The number of nitrogens with zero attached hydrogens (tertiary/aromatic N) is 2. The Morgan fingerprint density at radius 2 is 2.00 bits per heavy atom. The van der Waals surface area contributed by atoms with Crippen LogP contribution in [-0.2, 0) is 6.54 Å². The van der Waals surface area contributed by atoms with Crippen LogP contribution >= 0.6 is 0 Å². The summed E-state index contributed by atoms with van der Waals surface area (Å²) in [5, 5.41) is 13.8. The summed E-state index contributed by atoms with van der Waals surface area (Å²) in [4.78, 5) is 2.41. The lowest BCUT2D eigenvalue weighted by atomic mass is 9.93. The van der Waals surface area contributed by atoms with Crippen molar-refractivity contribution in [1.29, 1.82) is 0 Å². The van der Waals surface area contributed by atoms with Gasteiger partial charge in [-0.25, -0.2) is 0 Å². The Hall–Kier alpha value is -0.870. The Balaban J connectivity index is 2.08. The van der Waals surface area contributed by atoms with Crippen LogP contribution in [-0.4, -0.2) is 33.9 Å². The minimum Gasteiger partial charge on any atom is -0.392 e.